The molecule has 0 unspecified atom stereocenters. The zero-order valence-corrected chi connectivity index (χ0v) is 15.6. The minimum absolute atomic E-state index is 0.152. The number of aromatic nitrogens is 1. The molecule has 0 fully saturated rings. The molecule has 0 aliphatic carbocycles. The van der Waals surface area contributed by atoms with E-state index in [1.54, 1.807) is 60.7 Å². The molecule has 0 amide bonds. The van der Waals surface area contributed by atoms with Gasteiger partial charge in [0.05, 0.1) is 19.0 Å². The first-order valence-corrected chi connectivity index (χ1v) is 9.27. The van der Waals surface area contributed by atoms with Gasteiger partial charge in [-0.2, -0.15) is 0 Å². The molecule has 26 heavy (non-hydrogen) atoms. The second-order valence-corrected chi connectivity index (χ2v) is 6.77. The second-order valence-electron chi connectivity index (χ2n) is 5.89. The van der Waals surface area contributed by atoms with Crippen molar-refractivity contribution in [1.82, 2.24) is 4.57 Å². The van der Waals surface area contributed by atoms with Crippen molar-refractivity contribution in [3.63, 3.8) is 0 Å². The topological polar surface area (TPSA) is 68.5 Å². The predicted molar refractivity (Wildman–Crippen MR) is 103 cm³/mol. The summed E-state index contributed by atoms with van der Waals surface area (Å²) in [6.07, 6.45) is 1.83. The molecule has 3 aromatic rings. The Bertz CT molecular complexity index is 989. The number of methoxy groups -OCH3 is 1. The molecule has 0 radical (unpaired) electrons. The van der Waals surface area contributed by atoms with Gasteiger partial charge >= 0.3 is 5.97 Å². The minimum atomic E-state index is -0.938. The monoisotopic (exact) mass is 369 g/mol. The fraction of sp³-hybridized carbons (Fsp3) is 0.200. The highest BCUT2D eigenvalue weighted by atomic mass is 32.2. The van der Waals surface area contributed by atoms with Crippen LogP contribution in [0.15, 0.2) is 47.4 Å². The summed E-state index contributed by atoms with van der Waals surface area (Å²) in [5.74, 6) is -0.494. The summed E-state index contributed by atoms with van der Waals surface area (Å²) in [7, 11) is 1.56. The van der Waals surface area contributed by atoms with Crippen LogP contribution in [0.2, 0.25) is 0 Å². The summed E-state index contributed by atoms with van der Waals surface area (Å²) in [5, 5.41) is 9.99. The third kappa shape index (κ3) is 3.20. The van der Waals surface area contributed by atoms with Crippen LogP contribution in [0.3, 0.4) is 0 Å². The largest absolute Gasteiger partial charge is 0.497 e. The summed E-state index contributed by atoms with van der Waals surface area (Å²) >= 11 is 1.61. The van der Waals surface area contributed by atoms with E-state index in [1.165, 1.54) is 0 Å². The van der Waals surface area contributed by atoms with Crippen LogP contribution >= 0.6 is 11.8 Å². The number of carboxylic acids is 1. The first-order valence-electron chi connectivity index (χ1n) is 8.04. The van der Waals surface area contributed by atoms with Crippen molar-refractivity contribution in [2.75, 3.05) is 13.4 Å². The van der Waals surface area contributed by atoms with Gasteiger partial charge in [0.25, 0.3) is 5.91 Å². The van der Waals surface area contributed by atoms with Crippen LogP contribution in [0.1, 0.15) is 21.6 Å². The molecule has 0 atom stereocenters. The number of carboxylic acid groups (broad SMARTS) is 1. The Hall–Kier alpha value is -2.73. The molecule has 1 N–H and O–H groups in total. The molecule has 1 aromatic heterocycles. The number of hydrogen-bond donors (Lipinski definition) is 1. The number of aliphatic carboxylic acids is 1. The third-order valence-electron chi connectivity index (χ3n) is 4.41. The van der Waals surface area contributed by atoms with E-state index < -0.39 is 5.97 Å². The van der Waals surface area contributed by atoms with Crippen LogP contribution in [0.5, 0.6) is 5.75 Å². The van der Waals surface area contributed by atoms with Gasteiger partial charge in [-0.3, -0.25) is 14.2 Å². The van der Waals surface area contributed by atoms with E-state index >= 15 is 0 Å². The second kappa shape index (κ2) is 7.25. The number of thioether (sulfide) groups is 1. The number of ether oxygens (including phenoxy) is 1. The lowest BCUT2D eigenvalue weighted by molar-refractivity contribution is -0.136. The minimum Gasteiger partial charge on any atom is -0.497 e. The number of carbonyl (C=O) groups excluding carboxylic acids is 1. The van der Waals surface area contributed by atoms with Crippen LogP contribution in [0, 0.1) is 6.92 Å². The smallest absolute Gasteiger partial charge is 0.307 e. The van der Waals surface area contributed by atoms with Crippen LogP contribution < -0.4 is 4.74 Å². The maximum atomic E-state index is 13.1. The average molecular weight is 369 g/mol. The first-order chi connectivity index (χ1) is 12.5. The fourth-order valence-corrected chi connectivity index (χ4v) is 3.50. The van der Waals surface area contributed by atoms with Crippen molar-refractivity contribution in [3.8, 4) is 5.75 Å². The van der Waals surface area contributed by atoms with Gasteiger partial charge in [0.15, 0.2) is 0 Å². The number of benzene rings is 2. The molecule has 0 bridgehead atoms. The number of nitrogens with zero attached hydrogens (tertiary/aromatic N) is 1. The van der Waals surface area contributed by atoms with E-state index in [2.05, 4.69) is 0 Å². The van der Waals surface area contributed by atoms with Gasteiger partial charge in [-0.15, -0.1) is 11.8 Å². The van der Waals surface area contributed by atoms with Crippen LogP contribution in [0.25, 0.3) is 10.9 Å². The Morgan fingerprint density at radius 2 is 1.85 bits per heavy atom. The zero-order chi connectivity index (χ0) is 18.8. The average Bonchev–Trinajstić information content (AvgIpc) is 2.92. The quantitative estimate of drug-likeness (QED) is 0.689. The summed E-state index contributed by atoms with van der Waals surface area (Å²) in [6, 6.07) is 12.7. The number of rotatable bonds is 5. The standard InChI is InChI=1S/C20H19NO4S/c1-12-16(11-19(22)23)17-10-14(25-2)6-9-18(17)21(12)20(24)13-4-7-15(26-3)8-5-13/h4-10H,11H2,1-3H3,(H,22,23). The Morgan fingerprint density at radius 1 is 1.15 bits per heavy atom. The molecule has 1 heterocycles. The van der Waals surface area contributed by atoms with Gasteiger partial charge in [-0.05, 0) is 61.2 Å². The molecule has 3 rings (SSSR count). The zero-order valence-electron chi connectivity index (χ0n) is 14.8. The molecular weight excluding hydrogens is 350 g/mol. The Morgan fingerprint density at radius 3 is 2.42 bits per heavy atom. The molecule has 0 aliphatic rings. The van der Waals surface area contributed by atoms with Crippen molar-refractivity contribution in [1.29, 1.82) is 0 Å². The van der Waals surface area contributed by atoms with E-state index in [4.69, 9.17) is 4.74 Å². The molecule has 0 spiro atoms. The highest BCUT2D eigenvalue weighted by molar-refractivity contribution is 7.98. The summed E-state index contributed by atoms with van der Waals surface area (Å²) in [6.45, 7) is 1.78. The highest BCUT2D eigenvalue weighted by Gasteiger charge is 2.21. The van der Waals surface area contributed by atoms with Crippen molar-refractivity contribution < 1.29 is 19.4 Å². The number of fused-ring (bicyclic) bond motifs is 1. The van der Waals surface area contributed by atoms with E-state index in [9.17, 15) is 14.7 Å². The third-order valence-corrected chi connectivity index (χ3v) is 5.15. The first kappa shape index (κ1) is 18.1. The van der Waals surface area contributed by atoms with Crippen molar-refractivity contribution in [2.45, 2.75) is 18.2 Å². The normalized spacial score (nSPS) is 10.9. The lowest BCUT2D eigenvalue weighted by Gasteiger charge is -2.08. The molecule has 0 saturated carbocycles. The van der Waals surface area contributed by atoms with Crippen molar-refractivity contribution in [2.24, 2.45) is 0 Å². The Labute approximate surface area is 155 Å². The molecule has 5 nitrogen and oxygen atoms in total. The van der Waals surface area contributed by atoms with Gasteiger partial charge in [-0.1, -0.05) is 0 Å². The fourth-order valence-electron chi connectivity index (χ4n) is 3.09. The van der Waals surface area contributed by atoms with Gasteiger partial charge in [0, 0.05) is 21.5 Å². The van der Waals surface area contributed by atoms with E-state index in [-0.39, 0.29) is 12.3 Å². The Kier molecular flexibility index (Phi) is 5.04. The summed E-state index contributed by atoms with van der Waals surface area (Å²) < 4.78 is 6.84. The molecule has 134 valence electrons. The lowest BCUT2D eigenvalue weighted by atomic mass is 10.1. The molecule has 2 aromatic carbocycles. The van der Waals surface area contributed by atoms with E-state index in [0.29, 0.717) is 28.1 Å². The highest BCUT2D eigenvalue weighted by Crippen LogP contribution is 2.30. The molecule has 0 saturated heterocycles. The van der Waals surface area contributed by atoms with Gasteiger partial charge in [0.2, 0.25) is 0 Å². The molecule has 6 heteroatoms. The van der Waals surface area contributed by atoms with E-state index in [1.807, 2.05) is 18.4 Å². The maximum Gasteiger partial charge on any atom is 0.307 e. The van der Waals surface area contributed by atoms with Gasteiger partial charge < -0.3 is 9.84 Å². The summed E-state index contributed by atoms with van der Waals surface area (Å²) in [5.41, 5.74) is 2.49. The van der Waals surface area contributed by atoms with Crippen LogP contribution in [-0.2, 0) is 11.2 Å². The van der Waals surface area contributed by atoms with Gasteiger partial charge in [-0.25, -0.2) is 0 Å². The van der Waals surface area contributed by atoms with Gasteiger partial charge in [0.1, 0.15) is 5.75 Å². The predicted octanol–water partition coefficient (Wildman–Crippen LogP) is 4.00. The summed E-state index contributed by atoms with van der Waals surface area (Å²) in [4.78, 5) is 25.5. The number of hydrogen-bond acceptors (Lipinski definition) is 4. The SMILES string of the molecule is COc1ccc2c(c1)c(CC(=O)O)c(C)n2C(=O)c1ccc(SC)cc1. The Balaban J connectivity index is 2.19. The molecular formula is C20H19NO4S. The lowest BCUT2D eigenvalue weighted by Crippen LogP contribution is -2.14. The number of carbonyl (C=O) groups is 2. The van der Waals surface area contributed by atoms with Crippen LogP contribution in [0.4, 0.5) is 0 Å². The maximum absolute atomic E-state index is 13.1. The van der Waals surface area contributed by atoms with Crippen molar-refractivity contribution >= 4 is 34.5 Å². The van der Waals surface area contributed by atoms with E-state index in [0.717, 1.165) is 10.3 Å². The van der Waals surface area contributed by atoms with Crippen molar-refractivity contribution in [3.05, 3.63) is 59.3 Å². The van der Waals surface area contributed by atoms with Crippen LogP contribution in [-0.4, -0.2) is 34.9 Å². The molecule has 0 aliphatic heterocycles.